The van der Waals surface area contributed by atoms with E-state index in [2.05, 4.69) is 17.0 Å². The van der Waals surface area contributed by atoms with Gasteiger partial charge in [0.05, 0.1) is 5.60 Å². The van der Waals surface area contributed by atoms with Crippen LogP contribution in [-0.4, -0.2) is 28.4 Å². The molecule has 5 heteroatoms. The second-order valence-corrected chi connectivity index (χ2v) is 9.10. The Labute approximate surface area is 171 Å². The van der Waals surface area contributed by atoms with Gasteiger partial charge in [-0.3, -0.25) is 4.90 Å². The fourth-order valence-electron chi connectivity index (χ4n) is 6.48. The van der Waals surface area contributed by atoms with Crippen LogP contribution in [0.3, 0.4) is 0 Å². The van der Waals surface area contributed by atoms with E-state index < -0.39 is 5.60 Å². The molecular formula is C24H28N2O3. The molecule has 1 aromatic carbocycles. The molecule has 2 aromatic rings. The SMILES string of the molecule is O=CC[C@@H]1CC[C@H]2[C@@H]3CCc4c[n+]([O-])ccc4[C@H]3N(Cc3ccccc3)C[C@]12O. The lowest BCUT2D eigenvalue weighted by Crippen LogP contribution is -2.60. The molecule has 2 heterocycles. The van der Waals surface area contributed by atoms with Crippen LogP contribution >= 0.6 is 0 Å². The smallest absolute Gasteiger partial charge is 0.183 e. The highest BCUT2D eigenvalue weighted by molar-refractivity contribution is 5.50. The van der Waals surface area contributed by atoms with Gasteiger partial charge in [-0.1, -0.05) is 30.3 Å². The van der Waals surface area contributed by atoms with Crippen LogP contribution < -0.4 is 4.73 Å². The normalized spacial score (nSPS) is 33.6. The van der Waals surface area contributed by atoms with Gasteiger partial charge in [-0.2, -0.15) is 4.73 Å². The van der Waals surface area contributed by atoms with Gasteiger partial charge in [0.1, 0.15) is 6.29 Å². The predicted molar refractivity (Wildman–Crippen MR) is 109 cm³/mol. The summed E-state index contributed by atoms with van der Waals surface area (Å²) in [6, 6.07) is 12.6. The van der Waals surface area contributed by atoms with Crippen molar-refractivity contribution in [1.29, 1.82) is 0 Å². The Morgan fingerprint density at radius 2 is 2.03 bits per heavy atom. The molecular weight excluding hydrogens is 364 g/mol. The highest BCUT2D eigenvalue weighted by atomic mass is 16.5. The number of β-amino-alcohol motifs (C(OH)–C–C–N with tert-alkyl or cyclic N) is 1. The number of carbonyl (C=O) groups is 1. The zero-order valence-corrected chi connectivity index (χ0v) is 16.6. The number of benzene rings is 1. The van der Waals surface area contributed by atoms with E-state index in [-0.39, 0.29) is 17.9 Å². The summed E-state index contributed by atoms with van der Waals surface area (Å²) in [6.07, 6.45) is 8.50. The highest BCUT2D eigenvalue weighted by Crippen LogP contribution is 2.57. The fraction of sp³-hybridized carbons (Fsp3) is 0.500. The van der Waals surface area contributed by atoms with E-state index in [9.17, 15) is 15.1 Å². The number of aromatic nitrogens is 1. The Balaban J connectivity index is 1.56. The maximum absolute atomic E-state index is 11.9. The number of hydrogen-bond acceptors (Lipinski definition) is 4. The van der Waals surface area contributed by atoms with E-state index in [4.69, 9.17) is 0 Å². The van der Waals surface area contributed by atoms with Gasteiger partial charge in [-0.25, -0.2) is 0 Å². The monoisotopic (exact) mass is 392 g/mol. The number of aldehydes is 1. The third-order valence-corrected chi connectivity index (χ3v) is 7.68. The van der Waals surface area contributed by atoms with Gasteiger partial charge in [-0.15, -0.1) is 0 Å². The van der Waals surface area contributed by atoms with E-state index in [1.807, 2.05) is 24.3 Å². The molecule has 0 amide bonds. The first kappa shape index (κ1) is 18.8. The summed E-state index contributed by atoms with van der Waals surface area (Å²) >= 11 is 0. The van der Waals surface area contributed by atoms with Crippen LogP contribution in [0.2, 0.25) is 0 Å². The van der Waals surface area contributed by atoms with Crippen LogP contribution in [0, 0.1) is 23.0 Å². The molecule has 3 aliphatic rings. The number of fused-ring (bicyclic) bond motifs is 5. The van der Waals surface area contributed by atoms with Gasteiger partial charge in [0.15, 0.2) is 12.4 Å². The summed E-state index contributed by atoms with van der Waals surface area (Å²) in [7, 11) is 0. The molecule has 1 N–H and O–H groups in total. The Morgan fingerprint density at radius 1 is 1.21 bits per heavy atom. The minimum Gasteiger partial charge on any atom is -0.619 e. The van der Waals surface area contributed by atoms with Crippen LogP contribution in [-0.2, 0) is 17.8 Å². The fourth-order valence-corrected chi connectivity index (χ4v) is 6.48. The molecule has 0 radical (unpaired) electrons. The van der Waals surface area contributed by atoms with Gasteiger partial charge in [0.25, 0.3) is 0 Å². The molecule has 5 rings (SSSR count). The van der Waals surface area contributed by atoms with Crippen LogP contribution in [0.4, 0.5) is 0 Å². The second kappa shape index (κ2) is 7.22. The molecule has 1 aliphatic heterocycles. The highest BCUT2D eigenvalue weighted by Gasteiger charge is 2.58. The third kappa shape index (κ3) is 3.08. The number of rotatable bonds is 4. The number of piperidine rings is 1. The molecule has 29 heavy (non-hydrogen) atoms. The summed E-state index contributed by atoms with van der Waals surface area (Å²) in [6.45, 7) is 1.34. The summed E-state index contributed by atoms with van der Waals surface area (Å²) in [4.78, 5) is 13.7. The number of likely N-dealkylation sites (tertiary alicyclic amines) is 1. The Bertz CT molecular complexity index is 902. The number of aliphatic hydroxyl groups is 1. The van der Waals surface area contributed by atoms with Crippen molar-refractivity contribution < 1.29 is 14.6 Å². The predicted octanol–water partition coefficient (Wildman–Crippen LogP) is 2.79. The molecule has 0 unspecified atom stereocenters. The van der Waals surface area contributed by atoms with Crippen molar-refractivity contribution in [3.8, 4) is 0 Å². The topological polar surface area (TPSA) is 67.5 Å². The molecule has 2 aliphatic carbocycles. The quantitative estimate of drug-likeness (QED) is 0.494. The van der Waals surface area contributed by atoms with Gasteiger partial charge < -0.3 is 15.1 Å². The van der Waals surface area contributed by atoms with Crippen molar-refractivity contribution in [3.05, 3.63) is 70.7 Å². The first-order valence-electron chi connectivity index (χ1n) is 10.8. The lowest BCUT2D eigenvalue weighted by atomic mass is 9.64. The number of nitrogens with zero attached hydrogens (tertiary/aromatic N) is 2. The number of hydrogen-bond donors (Lipinski definition) is 1. The van der Waals surface area contributed by atoms with E-state index in [1.54, 1.807) is 12.4 Å². The van der Waals surface area contributed by atoms with Gasteiger partial charge >= 0.3 is 0 Å². The van der Waals surface area contributed by atoms with Crippen LogP contribution in [0.5, 0.6) is 0 Å². The molecule has 0 bridgehead atoms. The molecule has 2 fully saturated rings. The van der Waals surface area contributed by atoms with E-state index in [0.29, 0.717) is 18.9 Å². The van der Waals surface area contributed by atoms with Crippen molar-refractivity contribution in [1.82, 2.24) is 4.90 Å². The van der Waals surface area contributed by atoms with E-state index >= 15 is 0 Å². The van der Waals surface area contributed by atoms with Crippen molar-refractivity contribution in [2.24, 2.45) is 17.8 Å². The Kier molecular flexibility index (Phi) is 4.67. The molecule has 0 spiro atoms. The molecule has 152 valence electrons. The summed E-state index contributed by atoms with van der Waals surface area (Å²) in [5.74, 6) is 0.617. The minimum atomic E-state index is -0.804. The standard InChI is InChI=1S/C24H28N2O3/c27-13-11-19-7-9-22-21-8-6-18-15-26(29)12-10-20(18)23(21)25(16-24(19,22)28)14-17-4-2-1-3-5-17/h1-5,10,12-13,15,19,21-23,28H,6-9,11,14,16H2/t19-,21-,22-,23+,24-/m0/s1. The lowest BCUT2D eigenvalue weighted by molar-refractivity contribution is -0.606. The number of carbonyl (C=O) groups excluding carboxylic acids is 1. The lowest BCUT2D eigenvalue weighted by Gasteiger charge is -2.54. The first-order chi connectivity index (χ1) is 14.1. The summed E-state index contributed by atoms with van der Waals surface area (Å²) in [5, 5.41) is 23.7. The molecule has 5 atom stereocenters. The maximum atomic E-state index is 11.9. The first-order valence-corrected chi connectivity index (χ1v) is 10.8. The molecule has 5 nitrogen and oxygen atoms in total. The number of aryl methyl sites for hydroxylation is 1. The average molecular weight is 392 g/mol. The Hall–Kier alpha value is -2.24. The van der Waals surface area contributed by atoms with E-state index in [1.165, 1.54) is 11.1 Å². The minimum absolute atomic E-state index is 0.0465. The molecule has 1 aromatic heterocycles. The molecule has 1 saturated heterocycles. The average Bonchev–Trinajstić information content (AvgIpc) is 3.04. The van der Waals surface area contributed by atoms with Gasteiger partial charge in [0.2, 0.25) is 0 Å². The van der Waals surface area contributed by atoms with Crippen molar-refractivity contribution in [2.45, 2.75) is 50.3 Å². The summed E-state index contributed by atoms with van der Waals surface area (Å²) in [5.41, 5.74) is 2.79. The van der Waals surface area contributed by atoms with Crippen LogP contribution in [0.25, 0.3) is 0 Å². The second-order valence-electron chi connectivity index (χ2n) is 9.10. The Morgan fingerprint density at radius 3 is 2.83 bits per heavy atom. The molecule has 1 saturated carbocycles. The van der Waals surface area contributed by atoms with Crippen molar-refractivity contribution in [2.75, 3.05) is 6.54 Å². The largest absolute Gasteiger partial charge is 0.619 e. The van der Waals surface area contributed by atoms with Crippen LogP contribution in [0.15, 0.2) is 48.8 Å². The number of pyridine rings is 1. The van der Waals surface area contributed by atoms with Crippen LogP contribution in [0.1, 0.15) is 48.4 Å². The van der Waals surface area contributed by atoms with Gasteiger partial charge in [-0.05, 0) is 54.6 Å². The van der Waals surface area contributed by atoms with Gasteiger partial charge in [0, 0.05) is 37.2 Å². The summed E-state index contributed by atoms with van der Waals surface area (Å²) < 4.78 is 0.898. The van der Waals surface area contributed by atoms with E-state index in [0.717, 1.165) is 48.8 Å². The zero-order valence-electron chi connectivity index (χ0n) is 16.6. The zero-order chi connectivity index (χ0) is 20.0. The van der Waals surface area contributed by atoms with Crippen molar-refractivity contribution in [3.63, 3.8) is 0 Å². The third-order valence-electron chi connectivity index (χ3n) is 7.68. The maximum Gasteiger partial charge on any atom is 0.183 e. The van der Waals surface area contributed by atoms with Crippen molar-refractivity contribution >= 4 is 6.29 Å².